The maximum atomic E-state index is 5.95. The summed E-state index contributed by atoms with van der Waals surface area (Å²) < 4.78 is 0. The lowest BCUT2D eigenvalue weighted by Crippen LogP contribution is -2.25. The number of hydrogen-bond acceptors (Lipinski definition) is 2. The van der Waals surface area contributed by atoms with E-state index in [-0.39, 0.29) is 30.9 Å². The van der Waals surface area contributed by atoms with E-state index in [1.165, 1.54) is 5.56 Å². The van der Waals surface area contributed by atoms with Crippen molar-refractivity contribution in [3.05, 3.63) is 35.9 Å². The maximum absolute atomic E-state index is 5.95. The highest BCUT2D eigenvalue weighted by Crippen LogP contribution is 2.09. The fourth-order valence-corrected chi connectivity index (χ4v) is 1.20. The van der Waals surface area contributed by atoms with Crippen LogP contribution in [-0.4, -0.2) is 25.5 Å². The van der Waals surface area contributed by atoms with Gasteiger partial charge in [-0.15, -0.1) is 24.8 Å². The van der Waals surface area contributed by atoms with E-state index in [0.717, 1.165) is 6.54 Å². The Bertz CT molecular complexity index is 227. The smallest absolute Gasteiger partial charge is 0.0424 e. The Hall–Kier alpha value is -0.280. The van der Waals surface area contributed by atoms with Gasteiger partial charge in [-0.1, -0.05) is 30.3 Å². The van der Waals surface area contributed by atoms with E-state index < -0.39 is 0 Å². The van der Waals surface area contributed by atoms with Crippen LogP contribution in [-0.2, 0) is 0 Å². The zero-order valence-electron chi connectivity index (χ0n) is 8.51. The van der Waals surface area contributed by atoms with Gasteiger partial charge in [0, 0.05) is 12.6 Å². The molecule has 0 aliphatic carbocycles. The predicted molar refractivity (Wildman–Crippen MR) is 66.4 cm³/mol. The van der Waals surface area contributed by atoms with Gasteiger partial charge in [-0.05, 0) is 19.7 Å². The van der Waals surface area contributed by atoms with Gasteiger partial charge in [0.05, 0.1) is 0 Å². The normalized spacial score (nSPS) is 11.4. The molecule has 0 radical (unpaired) electrons. The minimum absolute atomic E-state index is 0. The first kappa shape index (κ1) is 16.2. The molecule has 4 heteroatoms. The first-order valence-electron chi connectivity index (χ1n) is 4.15. The average Bonchev–Trinajstić information content (AvgIpc) is 2.05. The summed E-state index contributed by atoms with van der Waals surface area (Å²) >= 11 is 0. The van der Waals surface area contributed by atoms with E-state index in [1.54, 1.807) is 0 Å². The van der Waals surface area contributed by atoms with E-state index in [0.29, 0.717) is 0 Å². The molecule has 1 atom stereocenters. The number of hydrogen-bond donors (Lipinski definition) is 1. The van der Waals surface area contributed by atoms with Crippen molar-refractivity contribution in [3.63, 3.8) is 0 Å². The second-order valence-corrected chi connectivity index (χ2v) is 3.28. The van der Waals surface area contributed by atoms with E-state index in [4.69, 9.17) is 5.73 Å². The van der Waals surface area contributed by atoms with Crippen molar-refractivity contribution in [3.8, 4) is 0 Å². The number of nitrogens with zero attached hydrogens (tertiary/aromatic N) is 1. The van der Waals surface area contributed by atoms with Crippen molar-refractivity contribution in [2.75, 3.05) is 20.6 Å². The van der Waals surface area contributed by atoms with Crippen molar-refractivity contribution in [2.24, 2.45) is 5.73 Å². The Kier molecular flexibility index (Phi) is 9.31. The predicted octanol–water partition coefficient (Wildman–Crippen LogP) is 2.09. The molecule has 0 amide bonds. The highest BCUT2D eigenvalue weighted by Gasteiger charge is 2.04. The molecule has 0 aromatic heterocycles. The third kappa shape index (κ3) is 5.45. The molecule has 0 saturated carbocycles. The topological polar surface area (TPSA) is 29.3 Å². The van der Waals surface area contributed by atoms with Crippen LogP contribution in [0, 0.1) is 0 Å². The molecule has 14 heavy (non-hydrogen) atoms. The molecular formula is C10H18Cl2N2. The van der Waals surface area contributed by atoms with Crippen molar-refractivity contribution < 1.29 is 0 Å². The van der Waals surface area contributed by atoms with Crippen LogP contribution < -0.4 is 5.73 Å². The third-order valence-corrected chi connectivity index (χ3v) is 1.79. The van der Waals surface area contributed by atoms with Gasteiger partial charge in [0.2, 0.25) is 0 Å². The first-order chi connectivity index (χ1) is 5.70. The Morgan fingerprint density at radius 2 is 1.64 bits per heavy atom. The molecule has 0 spiro atoms. The largest absolute Gasteiger partial charge is 0.323 e. The summed E-state index contributed by atoms with van der Waals surface area (Å²) in [7, 11) is 4.06. The van der Waals surface area contributed by atoms with E-state index >= 15 is 0 Å². The molecule has 0 aliphatic heterocycles. The van der Waals surface area contributed by atoms with Crippen LogP contribution in [0.25, 0.3) is 0 Å². The molecule has 0 bridgehead atoms. The molecule has 1 rings (SSSR count). The van der Waals surface area contributed by atoms with Gasteiger partial charge < -0.3 is 10.6 Å². The van der Waals surface area contributed by atoms with Crippen molar-refractivity contribution in [1.82, 2.24) is 4.90 Å². The highest BCUT2D eigenvalue weighted by molar-refractivity contribution is 5.85. The molecule has 0 fully saturated rings. The zero-order valence-corrected chi connectivity index (χ0v) is 10.1. The molecule has 2 N–H and O–H groups in total. The Balaban J connectivity index is 0. The van der Waals surface area contributed by atoms with Crippen LogP contribution in [0.15, 0.2) is 30.3 Å². The number of nitrogens with two attached hydrogens (primary N) is 1. The summed E-state index contributed by atoms with van der Waals surface area (Å²) in [6, 6.07) is 10.3. The number of halogens is 2. The lowest BCUT2D eigenvalue weighted by Gasteiger charge is -2.16. The first-order valence-corrected chi connectivity index (χ1v) is 4.15. The zero-order chi connectivity index (χ0) is 8.97. The summed E-state index contributed by atoms with van der Waals surface area (Å²) in [4.78, 5) is 2.09. The number of rotatable bonds is 3. The monoisotopic (exact) mass is 236 g/mol. The van der Waals surface area contributed by atoms with Crippen LogP contribution in [0.1, 0.15) is 11.6 Å². The molecule has 1 aromatic rings. The molecule has 2 nitrogen and oxygen atoms in total. The summed E-state index contributed by atoms with van der Waals surface area (Å²) in [5.74, 6) is 0. The van der Waals surface area contributed by atoms with E-state index in [2.05, 4.69) is 17.0 Å². The van der Waals surface area contributed by atoms with Gasteiger partial charge in [-0.3, -0.25) is 0 Å². The molecule has 1 aromatic carbocycles. The third-order valence-electron chi connectivity index (χ3n) is 1.79. The summed E-state index contributed by atoms with van der Waals surface area (Å²) in [5.41, 5.74) is 7.15. The van der Waals surface area contributed by atoms with Gasteiger partial charge in [0.1, 0.15) is 0 Å². The summed E-state index contributed by atoms with van der Waals surface area (Å²) in [6.07, 6.45) is 0. The Labute approximate surface area is 98.3 Å². The SMILES string of the molecule is CN(C)C[C@H](N)c1ccccc1.Cl.Cl. The van der Waals surface area contributed by atoms with Crippen LogP contribution in [0.5, 0.6) is 0 Å². The molecule has 0 aliphatic rings. The van der Waals surface area contributed by atoms with Gasteiger partial charge in [-0.2, -0.15) is 0 Å². The molecular weight excluding hydrogens is 219 g/mol. The van der Waals surface area contributed by atoms with Gasteiger partial charge in [0.25, 0.3) is 0 Å². The second-order valence-electron chi connectivity index (χ2n) is 3.28. The highest BCUT2D eigenvalue weighted by atomic mass is 35.5. The lowest BCUT2D eigenvalue weighted by atomic mass is 10.1. The average molecular weight is 237 g/mol. The van der Waals surface area contributed by atoms with Crippen LogP contribution >= 0.6 is 24.8 Å². The van der Waals surface area contributed by atoms with Gasteiger partial charge in [0.15, 0.2) is 0 Å². The van der Waals surface area contributed by atoms with Crippen molar-refractivity contribution in [1.29, 1.82) is 0 Å². The van der Waals surface area contributed by atoms with Crippen molar-refractivity contribution in [2.45, 2.75) is 6.04 Å². The lowest BCUT2D eigenvalue weighted by molar-refractivity contribution is 0.376. The number of likely N-dealkylation sites (N-methyl/N-ethyl adjacent to an activating group) is 1. The quantitative estimate of drug-likeness (QED) is 0.872. The minimum Gasteiger partial charge on any atom is -0.323 e. The van der Waals surface area contributed by atoms with E-state index in [9.17, 15) is 0 Å². The maximum Gasteiger partial charge on any atom is 0.0424 e. The fourth-order valence-electron chi connectivity index (χ4n) is 1.20. The van der Waals surface area contributed by atoms with Gasteiger partial charge in [-0.25, -0.2) is 0 Å². The fraction of sp³-hybridized carbons (Fsp3) is 0.400. The summed E-state index contributed by atoms with van der Waals surface area (Å²) in [5, 5.41) is 0. The summed E-state index contributed by atoms with van der Waals surface area (Å²) in [6.45, 7) is 0.893. The van der Waals surface area contributed by atoms with Crippen LogP contribution in [0.4, 0.5) is 0 Å². The minimum atomic E-state index is 0. The van der Waals surface area contributed by atoms with Crippen LogP contribution in [0.2, 0.25) is 0 Å². The Morgan fingerprint density at radius 3 is 2.07 bits per heavy atom. The molecule has 0 saturated heterocycles. The molecule has 0 unspecified atom stereocenters. The molecule has 0 heterocycles. The number of benzene rings is 1. The van der Waals surface area contributed by atoms with Gasteiger partial charge >= 0.3 is 0 Å². The second kappa shape index (κ2) is 8.06. The van der Waals surface area contributed by atoms with E-state index in [1.807, 2.05) is 32.3 Å². The standard InChI is InChI=1S/C10H16N2.2ClH/c1-12(2)8-10(11)9-6-4-3-5-7-9;;/h3-7,10H,8,11H2,1-2H3;2*1H/t10-;;/m0../s1. The van der Waals surface area contributed by atoms with Crippen molar-refractivity contribution >= 4 is 24.8 Å². The van der Waals surface area contributed by atoms with Crippen LogP contribution in [0.3, 0.4) is 0 Å². The Morgan fingerprint density at radius 1 is 1.14 bits per heavy atom. The molecule has 82 valence electrons.